The molecule has 0 saturated carbocycles. The first-order valence-corrected chi connectivity index (χ1v) is 6.79. The van der Waals surface area contributed by atoms with Gasteiger partial charge in [-0.25, -0.2) is 14.8 Å². The fourth-order valence-corrected chi connectivity index (χ4v) is 1.97. The van der Waals surface area contributed by atoms with Crippen LogP contribution in [0.4, 0.5) is 5.82 Å². The number of anilines is 1. The third-order valence-electron chi connectivity index (χ3n) is 2.04. The molecule has 0 fully saturated rings. The van der Waals surface area contributed by atoms with Gasteiger partial charge in [-0.2, -0.15) is 11.8 Å². The highest BCUT2D eigenvalue weighted by Gasteiger charge is 2.17. The van der Waals surface area contributed by atoms with E-state index in [2.05, 4.69) is 15.3 Å². The lowest BCUT2D eigenvalue weighted by Crippen LogP contribution is -2.30. The van der Waals surface area contributed by atoms with Gasteiger partial charge in [0.25, 0.3) is 0 Å². The molecular weight excluding hydrogens is 262 g/mol. The minimum Gasteiger partial charge on any atom is -0.480 e. The highest BCUT2D eigenvalue weighted by atomic mass is 35.5. The van der Waals surface area contributed by atoms with Crippen molar-refractivity contribution in [1.29, 1.82) is 0 Å². The Kier molecular flexibility index (Phi) is 5.50. The second-order valence-electron chi connectivity index (χ2n) is 3.44. The van der Waals surface area contributed by atoms with E-state index in [1.807, 2.05) is 6.26 Å². The van der Waals surface area contributed by atoms with Crippen LogP contribution in [0.3, 0.4) is 0 Å². The molecule has 1 heterocycles. The number of nitrogens with zero attached hydrogens (tertiary/aromatic N) is 2. The zero-order valence-electron chi connectivity index (χ0n) is 9.61. The molecule has 0 aromatic carbocycles. The smallest absolute Gasteiger partial charge is 0.326 e. The van der Waals surface area contributed by atoms with Gasteiger partial charge in [0.05, 0.1) is 0 Å². The quantitative estimate of drug-likeness (QED) is 0.774. The van der Waals surface area contributed by atoms with Crippen LogP contribution >= 0.6 is 23.4 Å². The van der Waals surface area contributed by atoms with Crippen LogP contribution in [0.1, 0.15) is 12.2 Å². The van der Waals surface area contributed by atoms with Gasteiger partial charge in [0.1, 0.15) is 22.8 Å². The zero-order chi connectivity index (χ0) is 12.8. The van der Waals surface area contributed by atoms with Crippen molar-refractivity contribution in [2.45, 2.75) is 19.4 Å². The van der Waals surface area contributed by atoms with E-state index in [1.54, 1.807) is 18.7 Å². The third-order valence-corrected chi connectivity index (χ3v) is 2.88. The van der Waals surface area contributed by atoms with Gasteiger partial charge in [0.2, 0.25) is 0 Å². The van der Waals surface area contributed by atoms with Crippen LogP contribution in [0.25, 0.3) is 0 Å². The second-order valence-corrected chi connectivity index (χ2v) is 4.81. The molecule has 1 unspecified atom stereocenters. The number of aromatic nitrogens is 2. The van der Waals surface area contributed by atoms with E-state index in [-0.39, 0.29) is 0 Å². The molecule has 1 aromatic heterocycles. The predicted molar refractivity (Wildman–Crippen MR) is 69.8 cm³/mol. The summed E-state index contributed by atoms with van der Waals surface area (Å²) in [5, 5.41) is 12.2. The minimum atomic E-state index is -0.897. The highest BCUT2D eigenvalue weighted by molar-refractivity contribution is 7.98. The second kappa shape index (κ2) is 6.66. The third kappa shape index (κ3) is 4.79. The molecule has 1 aromatic rings. The normalized spacial score (nSPS) is 12.2. The molecule has 0 aliphatic heterocycles. The van der Waals surface area contributed by atoms with Crippen LogP contribution < -0.4 is 5.32 Å². The highest BCUT2D eigenvalue weighted by Crippen LogP contribution is 2.14. The number of nitrogens with one attached hydrogen (secondary N) is 1. The molecule has 7 heteroatoms. The lowest BCUT2D eigenvalue weighted by Gasteiger charge is -2.14. The van der Waals surface area contributed by atoms with E-state index in [0.717, 1.165) is 5.75 Å². The van der Waals surface area contributed by atoms with Gasteiger partial charge in [-0.05, 0) is 25.4 Å². The molecule has 0 saturated heterocycles. The molecule has 0 bridgehead atoms. The molecule has 0 aliphatic rings. The van der Waals surface area contributed by atoms with Crippen molar-refractivity contribution in [3.05, 3.63) is 17.0 Å². The maximum atomic E-state index is 11.0. The number of rotatable bonds is 6. The van der Waals surface area contributed by atoms with Gasteiger partial charge in [-0.15, -0.1) is 0 Å². The predicted octanol–water partition coefficient (Wildman–Crippen LogP) is 2.06. The number of thioether (sulfide) groups is 1. The van der Waals surface area contributed by atoms with Crippen LogP contribution in [0.15, 0.2) is 6.07 Å². The van der Waals surface area contributed by atoms with E-state index in [4.69, 9.17) is 16.7 Å². The SMILES string of the molecule is CSCCC(Nc1cc(Cl)nc(C)n1)C(=O)O. The summed E-state index contributed by atoms with van der Waals surface area (Å²) in [5.74, 6) is 0.818. The van der Waals surface area contributed by atoms with Crippen LogP contribution in [0, 0.1) is 6.92 Å². The van der Waals surface area contributed by atoms with E-state index >= 15 is 0 Å². The number of carboxylic acid groups (broad SMARTS) is 1. The molecule has 1 atom stereocenters. The number of aryl methyl sites for hydroxylation is 1. The minimum absolute atomic E-state index is 0.300. The molecule has 0 aliphatic carbocycles. The van der Waals surface area contributed by atoms with Gasteiger partial charge < -0.3 is 10.4 Å². The molecule has 94 valence electrons. The number of aliphatic carboxylic acids is 1. The van der Waals surface area contributed by atoms with Crippen molar-refractivity contribution in [3.8, 4) is 0 Å². The molecule has 0 amide bonds. The Morgan fingerprint density at radius 1 is 1.65 bits per heavy atom. The average Bonchev–Trinajstić information content (AvgIpc) is 2.22. The van der Waals surface area contributed by atoms with Gasteiger partial charge in [0, 0.05) is 6.07 Å². The first-order chi connectivity index (χ1) is 8.02. The number of hydrogen-bond donors (Lipinski definition) is 2. The van der Waals surface area contributed by atoms with Gasteiger partial charge >= 0.3 is 5.97 Å². The van der Waals surface area contributed by atoms with Gasteiger partial charge in [-0.1, -0.05) is 11.6 Å². The molecule has 2 N–H and O–H groups in total. The Morgan fingerprint density at radius 2 is 2.35 bits per heavy atom. The zero-order valence-corrected chi connectivity index (χ0v) is 11.2. The molecule has 17 heavy (non-hydrogen) atoms. The van der Waals surface area contributed by atoms with Crippen molar-refractivity contribution in [2.75, 3.05) is 17.3 Å². The Balaban J connectivity index is 2.74. The van der Waals surface area contributed by atoms with E-state index < -0.39 is 12.0 Å². The standard InChI is InChI=1S/C10H14ClN3O2S/c1-6-12-8(11)5-9(13-6)14-7(10(15)16)3-4-17-2/h5,7H,3-4H2,1-2H3,(H,15,16)(H,12,13,14). The lowest BCUT2D eigenvalue weighted by molar-refractivity contribution is -0.137. The Hall–Kier alpha value is -1.01. The molecular formula is C10H14ClN3O2S. The summed E-state index contributed by atoms with van der Waals surface area (Å²) in [6.45, 7) is 1.70. The summed E-state index contributed by atoms with van der Waals surface area (Å²) < 4.78 is 0. The number of carbonyl (C=O) groups is 1. The summed E-state index contributed by atoms with van der Waals surface area (Å²) in [6.07, 6.45) is 2.46. The lowest BCUT2D eigenvalue weighted by atomic mass is 10.2. The topological polar surface area (TPSA) is 75.1 Å². The Bertz CT molecular complexity index is 383. The number of halogens is 1. The van der Waals surface area contributed by atoms with Crippen molar-refractivity contribution < 1.29 is 9.90 Å². The molecule has 0 spiro atoms. The van der Waals surface area contributed by atoms with Crippen molar-refractivity contribution >= 4 is 35.1 Å². The van der Waals surface area contributed by atoms with E-state index in [1.165, 1.54) is 6.07 Å². The maximum Gasteiger partial charge on any atom is 0.326 e. The van der Waals surface area contributed by atoms with Crippen molar-refractivity contribution in [2.24, 2.45) is 0 Å². The largest absolute Gasteiger partial charge is 0.480 e. The first kappa shape index (κ1) is 14.1. The molecule has 0 radical (unpaired) electrons. The fourth-order valence-electron chi connectivity index (χ4n) is 1.28. The summed E-state index contributed by atoms with van der Waals surface area (Å²) in [6, 6.07) is 0.858. The van der Waals surface area contributed by atoms with Gasteiger partial charge in [-0.3, -0.25) is 0 Å². The van der Waals surface area contributed by atoms with Crippen molar-refractivity contribution in [1.82, 2.24) is 9.97 Å². The van der Waals surface area contributed by atoms with Crippen LogP contribution in [0.5, 0.6) is 0 Å². The van der Waals surface area contributed by atoms with Gasteiger partial charge in [0.15, 0.2) is 0 Å². The number of carboxylic acids is 1. The van der Waals surface area contributed by atoms with Crippen LogP contribution in [0.2, 0.25) is 5.15 Å². The monoisotopic (exact) mass is 275 g/mol. The summed E-state index contributed by atoms with van der Waals surface area (Å²) in [4.78, 5) is 19.0. The molecule has 1 rings (SSSR count). The summed E-state index contributed by atoms with van der Waals surface area (Å²) >= 11 is 7.38. The Morgan fingerprint density at radius 3 is 2.88 bits per heavy atom. The van der Waals surface area contributed by atoms with E-state index in [0.29, 0.717) is 23.2 Å². The first-order valence-electron chi connectivity index (χ1n) is 5.02. The Labute approximate surface area is 109 Å². The van der Waals surface area contributed by atoms with E-state index in [9.17, 15) is 4.79 Å². The van der Waals surface area contributed by atoms with Crippen LogP contribution in [-0.4, -0.2) is 39.1 Å². The number of hydrogen-bond acceptors (Lipinski definition) is 5. The fraction of sp³-hybridized carbons (Fsp3) is 0.500. The average molecular weight is 276 g/mol. The maximum absolute atomic E-state index is 11.0. The summed E-state index contributed by atoms with van der Waals surface area (Å²) in [5.41, 5.74) is 0. The van der Waals surface area contributed by atoms with Crippen molar-refractivity contribution in [3.63, 3.8) is 0 Å². The molecule has 5 nitrogen and oxygen atoms in total. The van der Waals surface area contributed by atoms with Crippen LogP contribution in [-0.2, 0) is 4.79 Å². The summed E-state index contributed by atoms with van der Waals surface area (Å²) in [7, 11) is 0.